The lowest BCUT2D eigenvalue weighted by Gasteiger charge is -2.35. The lowest BCUT2D eigenvalue weighted by molar-refractivity contribution is -0.138. The molecule has 1 amide bonds. The van der Waals surface area contributed by atoms with Crippen molar-refractivity contribution >= 4 is 18.0 Å². The molecule has 2 aromatic rings. The average Bonchev–Trinajstić information content (AvgIpc) is 3.49. The molecule has 0 saturated heterocycles. The Labute approximate surface area is 256 Å². The Balaban J connectivity index is 0.000000720. The van der Waals surface area contributed by atoms with Crippen molar-refractivity contribution in [2.45, 2.75) is 90.4 Å². The first-order valence-electron chi connectivity index (χ1n) is 14.4. The number of alkyl halides is 3. The van der Waals surface area contributed by atoms with Gasteiger partial charge in [-0.15, -0.1) is 6.58 Å². The summed E-state index contributed by atoms with van der Waals surface area (Å²) in [5, 5.41) is 6.64. The summed E-state index contributed by atoms with van der Waals surface area (Å²) in [5.74, 6) is 0. The molecule has 0 aliphatic heterocycles. The molecular weight excluding hydrogens is 559 g/mol. The SMILES string of the molecule is C=CC.CC/C=C\C(Cl)=C/N.CC[C@@](Cc1ccccc1)(NC)c1cccc(C(F)(F)F)c1C.O=CNC1CCCC1. The fraction of sp³-hybridized carbons (Fsp3) is 0.441. The van der Waals surface area contributed by atoms with Crippen molar-refractivity contribution in [3.8, 4) is 0 Å². The van der Waals surface area contributed by atoms with Crippen LogP contribution in [-0.4, -0.2) is 19.5 Å². The van der Waals surface area contributed by atoms with Gasteiger partial charge in [-0.25, -0.2) is 0 Å². The zero-order chi connectivity index (χ0) is 32.0. The van der Waals surface area contributed by atoms with Crippen LogP contribution in [-0.2, 0) is 22.9 Å². The van der Waals surface area contributed by atoms with Crippen LogP contribution in [0.3, 0.4) is 0 Å². The zero-order valence-electron chi connectivity index (χ0n) is 25.7. The van der Waals surface area contributed by atoms with E-state index in [1.807, 2.05) is 64.2 Å². The molecule has 2 aromatic carbocycles. The number of allylic oxidation sites excluding steroid dienone is 4. The van der Waals surface area contributed by atoms with Crippen molar-refractivity contribution in [1.29, 1.82) is 0 Å². The number of carbonyl (C=O) groups is 1. The number of benzene rings is 2. The van der Waals surface area contributed by atoms with Crippen molar-refractivity contribution in [3.63, 3.8) is 0 Å². The van der Waals surface area contributed by atoms with Crippen LogP contribution in [0.15, 0.2) is 84.6 Å². The van der Waals surface area contributed by atoms with E-state index in [0.29, 0.717) is 35.0 Å². The summed E-state index contributed by atoms with van der Waals surface area (Å²) in [5.41, 5.74) is 6.09. The summed E-state index contributed by atoms with van der Waals surface area (Å²) in [6.07, 6.45) is 10.6. The van der Waals surface area contributed by atoms with Gasteiger partial charge >= 0.3 is 6.18 Å². The molecule has 0 heterocycles. The Hall–Kier alpha value is -3.03. The molecule has 4 nitrogen and oxygen atoms in total. The van der Waals surface area contributed by atoms with Gasteiger partial charge in [0.05, 0.1) is 10.6 Å². The average molecular weight is 608 g/mol. The van der Waals surface area contributed by atoms with E-state index >= 15 is 0 Å². The smallest absolute Gasteiger partial charge is 0.403 e. The largest absolute Gasteiger partial charge is 0.416 e. The van der Waals surface area contributed by atoms with E-state index in [0.717, 1.165) is 24.5 Å². The number of nitrogens with two attached hydrogens (primary N) is 1. The van der Waals surface area contributed by atoms with Crippen molar-refractivity contribution in [3.05, 3.63) is 107 Å². The van der Waals surface area contributed by atoms with Crippen molar-refractivity contribution in [1.82, 2.24) is 10.6 Å². The quantitative estimate of drug-likeness (QED) is 0.151. The minimum Gasteiger partial charge on any atom is -0.403 e. The summed E-state index contributed by atoms with van der Waals surface area (Å²) in [6, 6.07) is 14.8. The predicted molar refractivity (Wildman–Crippen MR) is 172 cm³/mol. The predicted octanol–water partition coefficient (Wildman–Crippen LogP) is 8.94. The number of rotatable bonds is 9. The molecule has 0 radical (unpaired) electrons. The first-order valence-corrected chi connectivity index (χ1v) is 14.8. The fourth-order valence-electron chi connectivity index (χ4n) is 4.69. The van der Waals surface area contributed by atoms with Gasteiger partial charge in [-0.1, -0.05) is 92.9 Å². The molecule has 8 heteroatoms. The third kappa shape index (κ3) is 14.2. The minimum absolute atomic E-state index is 0.298. The fourth-order valence-corrected chi connectivity index (χ4v) is 4.78. The van der Waals surface area contributed by atoms with Crippen molar-refractivity contribution < 1.29 is 18.0 Å². The molecule has 3 rings (SSSR count). The molecule has 0 unspecified atom stereocenters. The minimum atomic E-state index is -4.33. The number of amides is 1. The van der Waals surface area contributed by atoms with Gasteiger partial charge in [0, 0.05) is 17.8 Å². The van der Waals surface area contributed by atoms with E-state index in [9.17, 15) is 18.0 Å². The summed E-state index contributed by atoms with van der Waals surface area (Å²) >= 11 is 5.49. The molecule has 234 valence electrons. The normalized spacial score (nSPS) is 14.7. The number of carbonyl (C=O) groups excluding carboxylic acids is 1. The molecule has 0 spiro atoms. The Morgan fingerprint density at radius 1 is 1.07 bits per heavy atom. The first-order chi connectivity index (χ1) is 20.0. The highest BCUT2D eigenvalue weighted by molar-refractivity contribution is 6.31. The highest BCUT2D eigenvalue weighted by Gasteiger charge is 2.37. The maximum absolute atomic E-state index is 13.2. The maximum Gasteiger partial charge on any atom is 0.416 e. The number of hydrogen-bond donors (Lipinski definition) is 3. The van der Waals surface area contributed by atoms with Crippen LogP contribution >= 0.6 is 11.6 Å². The zero-order valence-corrected chi connectivity index (χ0v) is 26.5. The molecule has 1 aliphatic rings. The van der Waals surface area contributed by atoms with Gasteiger partial charge in [0.2, 0.25) is 6.41 Å². The molecule has 1 atom stereocenters. The van der Waals surface area contributed by atoms with Gasteiger partial charge in [-0.3, -0.25) is 4.79 Å². The molecular formula is C34H49ClF3N3O. The number of halogens is 4. The number of hydrogen-bond acceptors (Lipinski definition) is 3. The third-order valence-electron chi connectivity index (χ3n) is 6.92. The van der Waals surface area contributed by atoms with Crippen molar-refractivity contribution in [2.75, 3.05) is 7.05 Å². The van der Waals surface area contributed by atoms with E-state index in [1.165, 1.54) is 37.9 Å². The highest BCUT2D eigenvalue weighted by Crippen LogP contribution is 2.38. The molecule has 42 heavy (non-hydrogen) atoms. The standard InChI is InChI=1S/C19H22F3N.C6H10ClN.C6H11NO.C3H6/c1-4-18(23-3,13-15-9-6-5-7-10-15)16-11-8-12-17(14(16)2)19(20,21)22;1-2-3-4-6(7)5-8;8-5-7-6-3-1-2-4-6;1-3-2/h5-12,23H,4,13H2,1-3H3;3-5H,2,8H2,1H3;5-6H,1-4H2,(H,7,8);3H,1H2,2H3/b;4-3-,6-5+;;/t18-;;;/m0.../s1. The van der Waals surface area contributed by atoms with E-state index in [-0.39, 0.29) is 0 Å². The Morgan fingerprint density at radius 2 is 1.64 bits per heavy atom. The summed E-state index contributed by atoms with van der Waals surface area (Å²) in [7, 11) is 1.81. The highest BCUT2D eigenvalue weighted by atomic mass is 35.5. The van der Waals surface area contributed by atoms with E-state index in [1.54, 1.807) is 25.1 Å². The maximum atomic E-state index is 13.2. The second-order valence-electron chi connectivity index (χ2n) is 9.86. The molecule has 1 saturated carbocycles. The van der Waals surface area contributed by atoms with Gasteiger partial charge in [-0.2, -0.15) is 13.2 Å². The summed E-state index contributed by atoms with van der Waals surface area (Å²) in [4.78, 5) is 9.85. The van der Waals surface area contributed by atoms with Gasteiger partial charge in [-0.05, 0) is 81.8 Å². The van der Waals surface area contributed by atoms with Crippen LogP contribution in [0.2, 0.25) is 0 Å². The molecule has 1 aliphatic carbocycles. The second kappa shape index (κ2) is 21.6. The molecule has 0 aromatic heterocycles. The van der Waals surface area contributed by atoms with Gasteiger partial charge in [0.15, 0.2) is 0 Å². The third-order valence-corrected chi connectivity index (χ3v) is 7.17. The lowest BCUT2D eigenvalue weighted by atomic mass is 9.78. The Bertz CT molecular complexity index is 1080. The topological polar surface area (TPSA) is 67.1 Å². The van der Waals surface area contributed by atoms with E-state index in [4.69, 9.17) is 17.3 Å². The summed E-state index contributed by atoms with van der Waals surface area (Å²) < 4.78 is 39.7. The monoisotopic (exact) mass is 607 g/mol. The van der Waals surface area contributed by atoms with Crippen LogP contribution in [0.4, 0.5) is 13.2 Å². The van der Waals surface area contributed by atoms with Crippen molar-refractivity contribution in [2.24, 2.45) is 5.73 Å². The van der Waals surface area contributed by atoms with Crippen LogP contribution in [0.1, 0.15) is 81.5 Å². The van der Waals surface area contributed by atoms with Crippen LogP contribution in [0, 0.1) is 6.92 Å². The summed E-state index contributed by atoms with van der Waals surface area (Å²) in [6.45, 7) is 10.8. The first kappa shape index (κ1) is 39.0. The Kier molecular flexibility index (Phi) is 20.1. The van der Waals surface area contributed by atoms with E-state index in [2.05, 4.69) is 17.2 Å². The van der Waals surface area contributed by atoms with Gasteiger partial charge < -0.3 is 16.4 Å². The van der Waals surface area contributed by atoms with Crippen LogP contribution in [0.25, 0.3) is 0 Å². The van der Waals surface area contributed by atoms with Gasteiger partial charge in [0.25, 0.3) is 0 Å². The van der Waals surface area contributed by atoms with Crippen LogP contribution in [0.5, 0.6) is 0 Å². The second-order valence-corrected chi connectivity index (χ2v) is 10.3. The number of likely N-dealkylation sites (N-methyl/N-ethyl adjacent to an activating group) is 1. The Morgan fingerprint density at radius 3 is 2.10 bits per heavy atom. The van der Waals surface area contributed by atoms with Crippen LogP contribution < -0.4 is 16.4 Å². The molecule has 4 N–H and O–H groups in total. The van der Waals surface area contributed by atoms with E-state index < -0.39 is 17.3 Å². The molecule has 1 fully saturated rings. The lowest BCUT2D eigenvalue weighted by Crippen LogP contribution is -2.42. The molecule has 0 bridgehead atoms. The number of nitrogens with one attached hydrogen (secondary N) is 2. The van der Waals surface area contributed by atoms with Gasteiger partial charge in [0.1, 0.15) is 0 Å².